The van der Waals surface area contributed by atoms with E-state index in [1.807, 2.05) is 6.08 Å². The zero-order valence-electron chi connectivity index (χ0n) is 61.2. The van der Waals surface area contributed by atoms with Crippen molar-refractivity contribution >= 4 is 5.91 Å². The minimum atomic E-state index is -1.58. The van der Waals surface area contributed by atoms with E-state index < -0.39 is 49.5 Å². The number of carbonyl (C=O) groups excluding carboxylic acids is 1. The van der Waals surface area contributed by atoms with Gasteiger partial charge in [0.1, 0.15) is 24.4 Å². The predicted molar refractivity (Wildman–Crippen MR) is 405 cm³/mol. The Morgan fingerprint density at radius 2 is 0.670 bits per heavy atom. The Bertz CT molecular complexity index is 1870. The van der Waals surface area contributed by atoms with Crippen LogP contribution in [0.25, 0.3) is 0 Å². The van der Waals surface area contributed by atoms with Crippen molar-refractivity contribution in [2.75, 3.05) is 13.2 Å². The first-order valence-electron chi connectivity index (χ1n) is 40.1. The topological polar surface area (TPSA) is 149 Å². The summed E-state index contributed by atoms with van der Waals surface area (Å²) < 4.78 is 11.3. The van der Waals surface area contributed by atoms with Crippen molar-refractivity contribution in [1.82, 2.24) is 5.32 Å². The van der Waals surface area contributed by atoms with Crippen molar-refractivity contribution in [3.63, 3.8) is 0 Å². The number of hydrogen-bond donors (Lipinski definition) is 6. The monoisotopic (exact) mass is 1310 g/mol. The van der Waals surface area contributed by atoms with Gasteiger partial charge in [0.15, 0.2) is 6.29 Å². The molecule has 9 heteroatoms. The second-order valence-corrected chi connectivity index (χ2v) is 27.5. The zero-order valence-corrected chi connectivity index (χ0v) is 61.2. The molecule has 0 aromatic rings. The van der Waals surface area contributed by atoms with Gasteiger partial charge < -0.3 is 40.3 Å². The highest BCUT2D eigenvalue weighted by molar-refractivity contribution is 5.76. The molecule has 6 N–H and O–H groups in total. The fourth-order valence-electron chi connectivity index (χ4n) is 12.4. The Hall–Kier alpha value is -3.15. The van der Waals surface area contributed by atoms with Gasteiger partial charge in [-0.1, -0.05) is 380 Å². The van der Waals surface area contributed by atoms with Crippen LogP contribution in [-0.2, 0) is 14.3 Å². The van der Waals surface area contributed by atoms with Crippen molar-refractivity contribution in [2.24, 2.45) is 0 Å². The summed E-state index contributed by atoms with van der Waals surface area (Å²) >= 11 is 0. The predicted octanol–water partition coefficient (Wildman–Crippen LogP) is 23.1. The Morgan fingerprint density at radius 3 is 1.02 bits per heavy atom. The summed E-state index contributed by atoms with van der Waals surface area (Å²) in [6.07, 6.45) is 101. The van der Waals surface area contributed by atoms with E-state index in [1.165, 1.54) is 263 Å². The van der Waals surface area contributed by atoms with Crippen LogP contribution in [0, 0.1) is 0 Å². The molecule has 7 atom stereocenters. The van der Waals surface area contributed by atoms with E-state index in [4.69, 9.17) is 9.47 Å². The number of rotatable bonds is 70. The highest BCUT2D eigenvalue weighted by Gasteiger charge is 2.44. The first-order valence-corrected chi connectivity index (χ1v) is 40.1. The van der Waals surface area contributed by atoms with Crippen LogP contribution >= 0.6 is 0 Å². The van der Waals surface area contributed by atoms with E-state index in [9.17, 15) is 30.3 Å². The van der Waals surface area contributed by atoms with Crippen LogP contribution in [0.4, 0.5) is 0 Å². The Labute approximate surface area is 580 Å². The number of allylic oxidation sites excluding steroid dienone is 17. The summed E-state index contributed by atoms with van der Waals surface area (Å²) in [6, 6.07) is -0.829. The van der Waals surface area contributed by atoms with E-state index in [-0.39, 0.29) is 12.5 Å². The van der Waals surface area contributed by atoms with Crippen molar-refractivity contribution in [3.05, 3.63) is 109 Å². The number of amides is 1. The molecule has 94 heavy (non-hydrogen) atoms. The third kappa shape index (κ3) is 60.1. The summed E-state index contributed by atoms with van der Waals surface area (Å²) in [5, 5.41) is 54.9. The molecule has 1 heterocycles. The van der Waals surface area contributed by atoms with Crippen molar-refractivity contribution in [2.45, 2.75) is 410 Å². The van der Waals surface area contributed by atoms with Crippen molar-refractivity contribution in [3.8, 4) is 0 Å². The molecule has 1 saturated heterocycles. The largest absolute Gasteiger partial charge is 0.394 e. The average molecular weight is 1320 g/mol. The van der Waals surface area contributed by atoms with Crippen LogP contribution in [0.3, 0.4) is 0 Å². The Balaban J connectivity index is 2.10. The lowest BCUT2D eigenvalue weighted by atomic mass is 9.99. The smallest absolute Gasteiger partial charge is 0.220 e. The Kier molecular flexibility index (Phi) is 68.6. The van der Waals surface area contributed by atoms with E-state index in [0.29, 0.717) is 6.42 Å². The van der Waals surface area contributed by atoms with Crippen molar-refractivity contribution in [1.29, 1.82) is 0 Å². The van der Waals surface area contributed by atoms with Crippen LogP contribution in [0.5, 0.6) is 0 Å². The molecule has 544 valence electrons. The normalized spacial score (nSPS) is 18.1. The minimum absolute atomic E-state index is 0.184. The third-order valence-electron chi connectivity index (χ3n) is 18.6. The molecule has 1 amide bonds. The molecular formula is C85H151NO8. The van der Waals surface area contributed by atoms with Gasteiger partial charge in [-0.3, -0.25) is 4.79 Å². The van der Waals surface area contributed by atoms with Crippen LogP contribution in [0.15, 0.2) is 109 Å². The highest BCUT2D eigenvalue weighted by atomic mass is 16.7. The number of unbranched alkanes of at least 4 members (excludes halogenated alkanes) is 44. The first kappa shape index (κ1) is 88.9. The molecule has 7 unspecified atom stereocenters. The standard InChI is InChI=1S/C85H151NO8/c1-3-5-7-9-11-13-15-17-19-21-23-25-27-29-31-33-35-37-38-39-40-41-42-43-45-47-49-51-53-55-57-59-61-63-65-67-69-71-73-75-81(89)86-78(77-93-85-84(92)83(91)82(90)80(76-87)94-85)79(88)74-72-70-68-66-64-62-60-58-56-54-52-50-48-46-44-36-34-32-30-28-26-24-22-20-18-16-14-12-10-8-6-4-2/h5,7,11,13,17,19,23,25,29,31,35,37,39-40,64,66,72,74,78-80,82-85,87-88,90-92H,3-4,6,8-10,12,14-16,18,20-22,24,26-28,30,32-34,36,38,41-63,65,67-71,73,75-77H2,1-2H3,(H,86,89)/b7-5-,13-11-,19-17-,25-23-,31-29-,37-35-,40-39-,66-64+,74-72+. The zero-order chi connectivity index (χ0) is 67.8. The molecule has 0 aromatic heterocycles. The van der Waals surface area contributed by atoms with Gasteiger partial charge in [0, 0.05) is 6.42 Å². The number of hydrogen-bond acceptors (Lipinski definition) is 8. The Morgan fingerprint density at radius 1 is 0.372 bits per heavy atom. The second kappa shape index (κ2) is 72.6. The minimum Gasteiger partial charge on any atom is -0.394 e. The van der Waals surface area contributed by atoms with Gasteiger partial charge in [0.25, 0.3) is 0 Å². The maximum atomic E-state index is 13.2. The van der Waals surface area contributed by atoms with Gasteiger partial charge in [-0.15, -0.1) is 0 Å². The van der Waals surface area contributed by atoms with Gasteiger partial charge in [0.2, 0.25) is 5.91 Å². The maximum Gasteiger partial charge on any atom is 0.220 e. The van der Waals surface area contributed by atoms with Crippen LogP contribution in [0.2, 0.25) is 0 Å². The summed E-state index contributed by atoms with van der Waals surface area (Å²) in [4.78, 5) is 13.2. The number of ether oxygens (including phenoxy) is 2. The van der Waals surface area contributed by atoms with Gasteiger partial charge >= 0.3 is 0 Å². The van der Waals surface area contributed by atoms with E-state index in [2.05, 4.69) is 116 Å². The summed E-state index contributed by atoms with van der Waals surface area (Å²) in [5.41, 5.74) is 0. The lowest BCUT2D eigenvalue weighted by Gasteiger charge is -2.40. The molecule has 1 fully saturated rings. The summed E-state index contributed by atoms with van der Waals surface area (Å²) in [6.45, 7) is 3.69. The lowest BCUT2D eigenvalue weighted by Crippen LogP contribution is -2.60. The SMILES string of the molecule is CC/C=C\C/C=C\C/C=C\C/C=C\C/C=C\C/C=C\C/C=C\CCCCCCCCCCCCCCCCCCCC(=O)NC(COC1OC(CO)C(O)C(O)C1O)C(O)/C=C/CC/C=C/CCCCCCCCCCCCCCCCCCCCCCCCCCCC. The molecule has 1 rings (SSSR count). The van der Waals surface area contributed by atoms with Crippen molar-refractivity contribution < 1.29 is 39.8 Å². The molecule has 0 spiro atoms. The number of nitrogens with one attached hydrogen (secondary N) is 1. The molecule has 0 saturated carbocycles. The van der Waals surface area contributed by atoms with Crippen LogP contribution in [0.1, 0.15) is 367 Å². The molecule has 0 bridgehead atoms. The lowest BCUT2D eigenvalue weighted by molar-refractivity contribution is -0.302. The number of aliphatic hydroxyl groups is 5. The second-order valence-electron chi connectivity index (χ2n) is 27.5. The summed E-state index contributed by atoms with van der Waals surface area (Å²) in [5.74, 6) is -0.184. The summed E-state index contributed by atoms with van der Waals surface area (Å²) in [7, 11) is 0. The molecule has 1 aliphatic rings. The quantitative estimate of drug-likeness (QED) is 0.0261. The average Bonchev–Trinajstić information content (AvgIpc) is 0.829. The van der Waals surface area contributed by atoms with Crippen LogP contribution in [-0.4, -0.2) is 87.5 Å². The van der Waals surface area contributed by atoms with Gasteiger partial charge in [-0.05, 0) is 89.9 Å². The maximum absolute atomic E-state index is 13.2. The van der Waals surface area contributed by atoms with Gasteiger partial charge in [-0.2, -0.15) is 0 Å². The highest BCUT2D eigenvalue weighted by Crippen LogP contribution is 2.24. The molecule has 0 aromatic carbocycles. The number of carbonyl (C=O) groups is 1. The fourth-order valence-corrected chi connectivity index (χ4v) is 12.4. The molecule has 1 aliphatic heterocycles. The molecule has 0 aliphatic carbocycles. The molecular weight excluding hydrogens is 1160 g/mol. The number of aliphatic hydroxyl groups excluding tert-OH is 5. The molecule has 9 nitrogen and oxygen atoms in total. The van der Waals surface area contributed by atoms with Crippen LogP contribution < -0.4 is 5.32 Å². The third-order valence-corrected chi connectivity index (χ3v) is 18.6. The van der Waals surface area contributed by atoms with E-state index in [0.717, 1.165) is 83.5 Å². The van der Waals surface area contributed by atoms with E-state index in [1.54, 1.807) is 6.08 Å². The van der Waals surface area contributed by atoms with E-state index >= 15 is 0 Å². The van der Waals surface area contributed by atoms with Gasteiger partial charge in [0.05, 0.1) is 25.4 Å². The fraction of sp³-hybridized carbons (Fsp3) is 0.776. The van der Waals surface area contributed by atoms with Gasteiger partial charge in [-0.25, -0.2) is 0 Å². The first-order chi connectivity index (χ1) is 46.3. The molecule has 0 radical (unpaired) electrons.